The van der Waals surface area contributed by atoms with Crippen LogP contribution in [0.25, 0.3) is 11.0 Å². The van der Waals surface area contributed by atoms with Crippen LogP contribution in [0, 0.1) is 5.92 Å². The SMILES string of the molecule is CCC(C)C(C)n1c(N)nc2c(OC(C)C)cccc21. The smallest absolute Gasteiger partial charge is 0.201 e. The van der Waals surface area contributed by atoms with Crippen LogP contribution in [-0.2, 0) is 0 Å². The number of benzene rings is 1. The molecule has 0 fully saturated rings. The van der Waals surface area contributed by atoms with E-state index >= 15 is 0 Å². The zero-order valence-corrected chi connectivity index (χ0v) is 13.1. The number of nitrogens with zero attached hydrogens (tertiary/aromatic N) is 2. The van der Waals surface area contributed by atoms with Crippen molar-refractivity contribution in [2.24, 2.45) is 5.92 Å². The average Bonchev–Trinajstić information content (AvgIpc) is 2.73. The predicted molar refractivity (Wildman–Crippen MR) is 84.1 cm³/mol. The minimum atomic E-state index is 0.124. The van der Waals surface area contributed by atoms with E-state index in [-0.39, 0.29) is 6.10 Å². The summed E-state index contributed by atoms with van der Waals surface area (Å²) in [7, 11) is 0. The molecular weight excluding hydrogens is 250 g/mol. The van der Waals surface area contributed by atoms with Gasteiger partial charge >= 0.3 is 0 Å². The highest BCUT2D eigenvalue weighted by molar-refractivity contribution is 5.84. The first-order chi connectivity index (χ1) is 9.45. The molecule has 4 heteroatoms. The zero-order chi connectivity index (χ0) is 14.9. The molecular formula is C16H25N3O. The molecule has 0 saturated carbocycles. The first-order valence-corrected chi connectivity index (χ1v) is 7.38. The minimum absolute atomic E-state index is 0.124. The molecule has 4 nitrogen and oxygen atoms in total. The van der Waals surface area contributed by atoms with Crippen molar-refractivity contribution in [1.82, 2.24) is 9.55 Å². The van der Waals surface area contributed by atoms with Gasteiger partial charge < -0.3 is 15.0 Å². The average molecular weight is 275 g/mol. The Balaban J connectivity index is 2.54. The van der Waals surface area contributed by atoms with Crippen molar-refractivity contribution in [1.29, 1.82) is 0 Å². The molecule has 0 spiro atoms. The van der Waals surface area contributed by atoms with E-state index in [1.807, 2.05) is 26.0 Å². The first kappa shape index (κ1) is 14.7. The van der Waals surface area contributed by atoms with Crippen molar-refractivity contribution in [2.45, 2.75) is 53.2 Å². The third-order valence-corrected chi connectivity index (χ3v) is 3.95. The quantitative estimate of drug-likeness (QED) is 0.897. The number of rotatable bonds is 5. The predicted octanol–water partition coefficient (Wildman–Crippen LogP) is 4.01. The Kier molecular flexibility index (Phi) is 4.21. The summed E-state index contributed by atoms with van der Waals surface area (Å²) in [6, 6.07) is 6.33. The number of anilines is 1. The lowest BCUT2D eigenvalue weighted by Crippen LogP contribution is -2.15. The second kappa shape index (κ2) is 5.73. The number of fused-ring (bicyclic) bond motifs is 1. The van der Waals surface area contributed by atoms with Gasteiger partial charge in [-0.3, -0.25) is 0 Å². The maximum Gasteiger partial charge on any atom is 0.201 e. The normalized spacial score (nSPS) is 14.7. The Morgan fingerprint density at radius 3 is 2.55 bits per heavy atom. The van der Waals surface area contributed by atoms with E-state index in [1.165, 1.54) is 0 Å². The van der Waals surface area contributed by atoms with Gasteiger partial charge in [0.25, 0.3) is 0 Å². The largest absolute Gasteiger partial charge is 0.489 e. The van der Waals surface area contributed by atoms with E-state index in [9.17, 15) is 0 Å². The van der Waals surface area contributed by atoms with Crippen LogP contribution >= 0.6 is 0 Å². The van der Waals surface area contributed by atoms with Crippen LogP contribution in [0.2, 0.25) is 0 Å². The fourth-order valence-corrected chi connectivity index (χ4v) is 2.48. The molecule has 0 aliphatic heterocycles. The van der Waals surface area contributed by atoms with Gasteiger partial charge in [0.15, 0.2) is 0 Å². The maximum absolute atomic E-state index is 6.14. The Labute approximate surface area is 120 Å². The zero-order valence-electron chi connectivity index (χ0n) is 13.1. The number of hydrogen-bond donors (Lipinski definition) is 1. The molecule has 0 bridgehead atoms. The van der Waals surface area contributed by atoms with E-state index < -0.39 is 0 Å². The van der Waals surface area contributed by atoms with Gasteiger partial charge in [-0.2, -0.15) is 0 Å². The van der Waals surface area contributed by atoms with Crippen LogP contribution in [0.4, 0.5) is 5.95 Å². The van der Waals surface area contributed by atoms with E-state index in [4.69, 9.17) is 10.5 Å². The molecule has 0 aliphatic carbocycles. The Hall–Kier alpha value is -1.71. The third-order valence-electron chi connectivity index (χ3n) is 3.95. The number of imidazole rings is 1. The van der Waals surface area contributed by atoms with Crippen molar-refractivity contribution in [3.8, 4) is 5.75 Å². The Morgan fingerprint density at radius 2 is 1.95 bits per heavy atom. The molecule has 2 atom stereocenters. The van der Waals surface area contributed by atoms with Crippen LogP contribution in [0.1, 0.15) is 47.1 Å². The van der Waals surface area contributed by atoms with Crippen molar-refractivity contribution in [2.75, 3.05) is 5.73 Å². The Morgan fingerprint density at radius 1 is 1.25 bits per heavy atom. The molecule has 0 radical (unpaired) electrons. The topological polar surface area (TPSA) is 53.1 Å². The van der Waals surface area contributed by atoms with Crippen LogP contribution in [-0.4, -0.2) is 15.7 Å². The maximum atomic E-state index is 6.14. The fourth-order valence-electron chi connectivity index (χ4n) is 2.48. The number of hydrogen-bond acceptors (Lipinski definition) is 3. The van der Waals surface area contributed by atoms with Crippen LogP contribution in [0.5, 0.6) is 5.75 Å². The lowest BCUT2D eigenvalue weighted by atomic mass is 10.0. The summed E-state index contributed by atoms with van der Waals surface area (Å²) in [6.45, 7) is 10.7. The molecule has 110 valence electrons. The van der Waals surface area contributed by atoms with Crippen molar-refractivity contribution in [3.63, 3.8) is 0 Å². The molecule has 0 aliphatic rings. The summed E-state index contributed by atoms with van der Waals surface area (Å²) in [6.07, 6.45) is 1.24. The number of aromatic nitrogens is 2. The first-order valence-electron chi connectivity index (χ1n) is 7.38. The van der Waals surface area contributed by atoms with Crippen LogP contribution < -0.4 is 10.5 Å². The highest BCUT2D eigenvalue weighted by atomic mass is 16.5. The van der Waals surface area contributed by atoms with Crippen molar-refractivity contribution in [3.05, 3.63) is 18.2 Å². The highest BCUT2D eigenvalue weighted by Gasteiger charge is 2.20. The summed E-state index contributed by atoms with van der Waals surface area (Å²) in [5.41, 5.74) is 8.05. The van der Waals surface area contributed by atoms with Crippen LogP contribution in [0.3, 0.4) is 0 Å². The summed E-state index contributed by atoms with van der Waals surface area (Å²) in [4.78, 5) is 4.52. The second-order valence-corrected chi connectivity index (χ2v) is 5.76. The van der Waals surface area contributed by atoms with Gasteiger partial charge in [-0.1, -0.05) is 26.3 Å². The summed E-state index contributed by atoms with van der Waals surface area (Å²) >= 11 is 0. The molecule has 0 saturated heterocycles. The minimum Gasteiger partial charge on any atom is -0.489 e. The van der Waals surface area contributed by atoms with Crippen molar-refractivity contribution < 1.29 is 4.74 Å². The van der Waals surface area contributed by atoms with Gasteiger partial charge in [-0.25, -0.2) is 4.98 Å². The molecule has 1 heterocycles. The standard InChI is InChI=1S/C16H25N3O/c1-6-11(4)12(5)19-13-8-7-9-14(20-10(2)3)15(13)18-16(19)17/h7-12H,6H2,1-5H3,(H2,17,18). The third kappa shape index (κ3) is 2.60. The number of nitrogens with two attached hydrogens (primary N) is 1. The molecule has 0 amide bonds. The summed E-state index contributed by atoms with van der Waals surface area (Å²) < 4.78 is 7.95. The monoisotopic (exact) mass is 275 g/mol. The van der Waals surface area contributed by atoms with Gasteiger partial charge in [-0.15, -0.1) is 0 Å². The number of nitrogen functional groups attached to an aromatic ring is 1. The fraction of sp³-hybridized carbons (Fsp3) is 0.562. The van der Waals surface area contributed by atoms with E-state index in [2.05, 4.69) is 36.4 Å². The molecule has 2 N–H and O–H groups in total. The molecule has 2 aromatic rings. The van der Waals surface area contributed by atoms with E-state index in [0.29, 0.717) is 17.9 Å². The summed E-state index contributed by atoms with van der Waals surface area (Å²) in [5.74, 6) is 1.91. The Bertz CT molecular complexity index is 589. The molecule has 1 aromatic heterocycles. The lowest BCUT2D eigenvalue weighted by Gasteiger charge is -2.22. The second-order valence-electron chi connectivity index (χ2n) is 5.76. The lowest BCUT2D eigenvalue weighted by molar-refractivity contribution is 0.245. The number of ether oxygens (including phenoxy) is 1. The van der Waals surface area contributed by atoms with Gasteiger partial charge in [0.05, 0.1) is 11.6 Å². The van der Waals surface area contributed by atoms with Crippen molar-refractivity contribution >= 4 is 17.0 Å². The number of para-hydroxylation sites is 1. The van der Waals surface area contributed by atoms with Gasteiger partial charge in [0, 0.05) is 6.04 Å². The van der Waals surface area contributed by atoms with Crippen LogP contribution in [0.15, 0.2) is 18.2 Å². The summed E-state index contributed by atoms with van der Waals surface area (Å²) in [5, 5.41) is 0. The van der Waals surface area contributed by atoms with Gasteiger partial charge in [-0.05, 0) is 38.8 Å². The highest BCUT2D eigenvalue weighted by Crippen LogP contribution is 2.33. The molecule has 2 unspecified atom stereocenters. The van der Waals surface area contributed by atoms with Gasteiger partial charge in [0.1, 0.15) is 11.3 Å². The molecule has 2 rings (SSSR count). The molecule has 20 heavy (non-hydrogen) atoms. The van der Waals surface area contributed by atoms with E-state index in [0.717, 1.165) is 23.2 Å². The van der Waals surface area contributed by atoms with Gasteiger partial charge in [0.2, 0.25) is 5.95 Å². The van der Waals surface area contributed by atoms with E-state index in [1.54, 1.807) is 0 Å². The molecule has 1 aromatic carbocycles.